The zero-order valence-electron chi connectivity index (χ0n) is 41.0. The van der Waals surface area contributed by atoms with Gasteiger partial charge in [-0.2, -0.15) is 0 Å². The first-order valence-electron chi connectivity index (χ1n) is 25.6. The number of hydrogen-bond donors (Lipinski definition) is 0. The van der Waals surface area contributed by atoms with E-state index in [1.54, 1.807) is 0 Å². The summed E-state index contributed by atoms with van der Waals surface area (Å²) >= 11 is 0. The fourth-order valence-corrected chi connectivity index (χ4v) is 6.53. The van der Waals surface area contributed by atoms with Crippen LogP contribution in [0, 0.1) is 0 Å². The van der Waals surface area contributed by atoms with Crippen molar-refractivity contribution >= 4 is 17.9 Å². The quantitative estimate of drug-likeness (QED) is 0.0199. The zero-order chi connectivity index (χ0) is 46.5. The molecule has 0 spiro atoms. The van der Waals surface area contributed by atoms with E-state index in [9.17, 15) is 14.4 Å². The molecule has 0 rings (SSSR count). The Morgan fingerprint density at radius 2 is 0.703 bits per heavy atom. The second kappa shape index (κ2) is 51.4. The first kappa shape index (κ1) is 59.8. The molecule has 0 aliphatic carbocycles. The van der Waals surface area contributed by atoms with E-state index < -0.39 is 6.10 Å². The van der Waals surface area contributed by atoms with E-state index >= 15 is 0 Å². The summed E-state index contributed by atoms with van der Waals surface area (Å²) in [6, 6.07) is 0. The number of ether oxygens (including phenoxy) is 3. The Balaban J connectivity index is 4.49. The fourth-order valence-electron chi connectivity index (χ4n) is 6.53. The van der Waals surface area contributed by atoms with Crippen molar-refractivity contribution in [2.24, 2.45) is 0 Å². The third-order valence-corrected chi connectivity index (χ3v) is 10.3. The van der Waals surface area contributed by atoms with Crippen molar-refractivity contribution in [1.29, 1.82) is 0 Å². The molecular weight excluding hydrogens is 793 g/mol. The van der Waals surface area contributed by atoms with Crippen molar-refractivity contribution in [1.82, 2.24) is 0 Å². The summed E-state index contributed by atoms with van der Waals surface area (Å²) in [5.74, 6) is -1.03. The normalized spacial score (nSPS) is 13.1. The van der Waals surface area contributed by atoms with E-state index in [0.29, 0.717) is 12.8 Å². The van der Waals surface area contributed by atoms with Gasteiger partial charge in [0, 0.05) is 19.3 Å². The Kier molecular flexibility index (Phi) is 48.1. The fraction of sp³-hybridized carbons (Fsp3) is 0.603. The highest BCUT2D eigenvalue weighted by Gasteiger charge is 2.19. The van der Waals surface area contributed by atoms with Crippen molar-refractivity contribution in [2.75, 3.05) is 13.2 Å². The topological polar surface area (TPSA) is 78.9 Å². The molecule has 64 heavy (non-hydrogen) atoms. The highest BCUT2D eigenvalue weighted by Crippen LogP contribution is 2.14. The van der Waals surface area contributed by atoms with Crippen LogP contribution < -0.4 is 0 Å². The molecule has 360 valence electrons. The van der Waals surface area contributed by atoms with Crippen LogP contribution in [0.3, 0.4) is 0 Å². The lowest BCUT2D eigenvalue weighted by molar-refractivity contribution is -0.167. The number of carbonyl (C=O) groups excluding carboxylic acids is 3. The molecule has 1 atom stereocenters. The predicted molar refractivity (Wildman–Crippen MR) is 274 cm³/mol. The number of rotatable bonds is 44. The number of unbranched alkanes of at least 4 members (excludes halogenated alkanes) is 18. The molecule has 0 aromatic heterocycles. The van der Waals surface area contributed by atoms with Crippen LogP contribution >= 0.6 is 0 Å². The summed E-state index contributed by atoms with van der Waals surface area (Å²) in [4.78, 5) is 37.9. The van der Waals surface area contributed by atoms with Gasteiger partial charge in [-0.25, -0.2) is 0 Å². The maximum Gasteiger partial charge on any atom is 0.306 e. The van der Waals surface area contributed by atoms with Crippen molar-refractivity contribution in [3.63, 3.8) is 0 Å². The average molecular weight is 885 g/mol. The van der Waals surface area contributed by atoms with Crippen molar-refractivity contribution in [2.45, 2.75) is 213 Å². The van der Waals surface area contributed by atoms with Crippen LogP contribution in [0.15, 0.2) is 122 Å². The van der Waals surface area contributed by atoms with Crippen molar-refractivity contribution in [3.05, 3.63) is 122 Å². The Morgan fingerprint density at radius 1 is 0.344 bits per heavy atom. The Morgan fingerprint density at radius 3 is 1.22 bits per heavy atom. The van der Waals surface area contributed by atoms with E-state index in [4.69, 9.17) is 14.2 Å². The highest BCUT2D eigenvalue weighted by atomic mass is 16.6. The van der Waals surface area contributed by atoms with Crippen molar-refractivity contribution in [3.8, 4) is 0 Å². The number of hydrogen-bond acceptors (Lipinski definition) is 6. The highest BCUT2D eigenvalue weighted by molar-refractivity contribution is 5.71. The molecule has 0 radical (unpaired) electrons. The lowest BCUT2D eigenvalue weighted by Gasteiger charge is -2.18. The van der Waals surface area contributed by atoms with E-state index in [1.807, 2.05) is 54.7 Å². The standard InChI is InChI=1S/C58H92O6/c1-4-7-10-13-16-19-22-25-27-28-29-30-31-34-36-39-42-45-48-51-57(60)63-54-55(53-62-56(59)50-47-44-41-38-35-32-24-21-18-15-12-9-6-3)64-58(61)52-49-46-43-40-37-33-26-23-20-17-14-11-8-5-2/h8-9,11-12,15-22,24-26,32-33,35,38,41,55H,4-7,10,13-14,23,27-31,34,36-37,39-40,42-54H2,1-3H3/b11-8+,12-9+,18-15+,19-16+,20-17+,24-21+,25-22+,33-26+,35-32+,41-38+. The molecule has 0 heterocycles. The molecule has 0 bridgehead atoms. The molecule has 0 N–H and O–H groups in total. The lowest BCUT2D eigenvalue weighted by Crippen LogP contribution is -2.30. The van der Waals surface area contributed by atoms with Crippen molar-refractivity contribution < 1.29 is 28.6 Å². The molecule has 0 aliphatic heterocycles. The summed E-state index contributed by atoms with van der Waals surface area (Å²) in [7, 11) is 0. The molecular formula is C58H92O6. The van der Waals surface area contributed by atoms with Gasteiger partial charge in [0.25, 0.3) is 0 Å². The predicted octanol–water partition coefficient (Wildman–Crippen LogP) is 16.9. The molecule has 6 heteroatoms. The third kappa shape index (κ3) is 48.8. The summed E-state index contributed by atoms with van der Waals surface area (Å²) in [5, 5.41) is 0. The van der Waals surface area contributed by atoms with Gasteiger partial charge in [0.2, 0.25) is 0 Å². The molecule has 0 fully saturated rings. The number of esters is 3. The van der Waals surface area contributed by atoms with Crippen LogP contribution in [0.4, 0.5) is 0 Å². The number of carbonyl (C=O) groups is 3. The van der Waals surface area contributed by atoms with Gasteiger partial charge in [-0.05, 0) is 89.9 Å². The largest absolute Gasteiger partial charge is 0.462 e. The summed E-state index contributed by atoms with van der Waals surface area (Å²) in [6.45, 7) is 6.25. The van der Waals surface area contributed by atoms with Gasteiger partial charge in [-0.1, -0.05) is 219 Å². The molecule has 6 nitrogen and oxygen atoms in total. The SMILES string of the molecule is CC/C=C/C=C/C=C/C=C/C=C/CCCC(=O)OCC(COC(=O)CCCCCCCCCCCC/C=C/C=C/CCCCC)OC(=O)CCCCCC/C=C/C/C=C/C/C=C/CC. The molecule has 0 aromatic carbocycles. The van der Waals surface area contributed by atoms with Crippen LogP contribution in [0.25, 0.3) is 0 Å². The maximum atomic E-state index is 12.8. The molecule has 0 aliphatic rings. The van der Waals surface area contributed by atoms with Gasteiger partial charge in [0.15, 0.2) is 6.10 Å². The van der Waals surface area contributed by atoms with E-state index in [-0.39, 0.29) is 44.0 Å². The summed E-state index contributed by atoms with van der Waals surface area (Å²) in [6.07, 6.45) is 70.5. The van der Waals surface area contributed by atoms with Crippen LogP contribution in [0.5, 0.6) is 0 Å². The second-order valence-corrected chi connectivity index (χ2v) is 16.5. The monoisotopic (exact) mass is 885 g/mol. The zero-order valence-corrected chi connectivity index (χ0v) is 41.0. The molecule has 0 saturated carbocycles. The Labute approximate surface area is 392 Å². The van der Waals surface area contributed by atoms with Gasteiger partial charge in [-0.15, -0.1) is 0 Å². The lowest BCUT2D eigenvalue weighted by atomic mass is 10.1. The summed E-state index contributed by atoms with van der Waals surface area (Å²) in [5.41, 5.74) is 0. The smallest absolute Gasteiger partial charge is 0.306 e. The Hall–Kier alpha value is -4.19. The minimum Gasteiger partial charge on any atom is -0.462 e. The maximum absolute atomic E-state index is 12.8. The van der Waals surface area contributed by atoms with Gasteiger partial charge >= 0.3 is 17.9 Å². The number of allylic oxidation sites excluding steroid dienone is 20. The minimum absolute atomic E-state index is 0.115. The molecule has 0 amide bonds. The second-order valence-electron chi connectivity index (χ2n) is 16.5. The van der Waals surface area contributed by atoms with Crippen LogP contribution in [-0.4, -0.2) is 37.2 Å². The van der Waals surface area contributed by atoms with Gasteiger partial charge in [-0.3, -0.25) is 14.4 Å². The van der Waals surface area contributed by atoms with Gasteiger partial charge in [0.1, 0.15) is 13.2 Å². The van der Waals surface area contributed by atoms with Crippen LogP contribution in [-0.2, 0) is 28.6 Å². The van der Waals surface area contributed by atoms with E-state index in [0.717, 1.165) is 83.5 Å². The van der Waals surface area contributed by atoms with E-state index in [1.165, 1.54) is 77.0 Å². The van der Waals surface area contributed by atoms with Crippen LogP contribution in [0.1, 0.15) is 207 Å². The molecule has 0 saturated heterocycles. The molecule has 0 aromatic rings. The van der Waals surface area contributed by atoms with E-state index in [2.05, 4.69) is 87.6 Å². The minimum atomic E-state index is -0.823. The van der Waals surface area contributed by atoms with Gasteiger partial charge in [0.05, 0.1) is 0 Å². The Bertz CT molecular complexity index is 1390. The average Bonchev–Trinajstić information content (AvgIpc) is 3.29. The third-order valence-electron chi connectivity index (χ3n) is 10.3. The first-order chi connectivity index (χ1) is 31.5. The molecule has 1 unspecified atom stereocenters. The van der Waals surface area contributed by atoms with Gasteiger partial charge < -0.3 is 14.2 Å². The van der Waals surface area contributed by atoms with Crippen LogP contribution in [0.2, 0.25) is 0 Å². The summed E-state index contributed by atoms with van der Waals surface area (Å²) < 4.78 is 16.7. The first-order valence-corrected chi connectivity index (χ1v) is 25.6.